The van der Waals surface area contributed by atoms with Crippen LogP contribution in [-0.2, 0) is 17.6 Å². The molecule has 3 nitrogen and oxygen atoms in total. The van der Waals surface area contributed by atoms with E-state index in [1.54, 1.807) is 6.92 Å². The van der Waals surface area contributed by atoms with E-state index in [4.69, 9.17) is 4.74 Å². The Morgan fingerprint density at radius 3 is 2.94 bits per heavy atom. The Kier molecular flexibility index (Phi) is 3.45. The third-order valence-corrected chi connectivity index (χ3v) is 3.85. The molecule has 1 atom stereocenters. The molecule has 1 aromatic carbocycles. The number of halogens is 1. The number of Topliss-reactive ketones (excluding diaryl/α,β-unsaturated/α-hetero) is 1. The van der Waals surface area contributed by atoms with Gasteiger partial charge in [0.2, 0.25) is 0 Å². The fraction of sp³-hybridized carbons (Fsp3) is 0.429. The van der Waals surface area contributed by atoms with E-state index in [-0.39, 0.29) is 5.78 Å². The Morgan fingerprint density at radius 2 is 2.33 bits per heavy atom. The summed E-state index contributed by atoms with van der Waals surface area (Å²) < 4.78 is 6.58. The first kappa shape index (κ1) is 13.1. The monoisotopic (exact) mass is 307 g/mol. The van der Waals surface area contributed by atoms with E-state index in [0.717, 1.165) is 27.8 Å². The number of ketones is 1. The molecule has 1 aromatic rings. The lowest BCUT2D eigenvalue weighted by atomic mass is 9.81. The highest BCUT2D eigenvalue weighted by atomic mass is 79.9. The minimum Gasteiger partial charge on any atom is -0.493 e. The Hall–Kier alpha value is -1.34. The summed E-state index contributed by atoms with van der Waals surface area (Å²) in [7, 11) is 0. The first-order valence-electron chi connectivity index (χ1n) is 5.82. The number of carbonyl (C=O) groups excluding carboxylic acids is 1. The van der Waals surface area contributed by atoms with Crippen molar-refractivity contribution in [3.63, 3.8) is 0 Å². The Morgan fingerprint density at radius 1 is 1.61 bits per heavy atom. The number of rotatable bonds is 3. The number of nitriles is 1. The summed E-state index contributed by atoms with van der Waals surface area (Å²) in [5, 5.41) is 9.21. The molecule has 1 unspecified atom stereocenters. The first-order chi connectivity index (χ1) is 8.46. The number of ether oxygens (including phenoxy) is 1. The molecule has 18 heavy (non-hydrogen) atoms. The fourth-order valence-electron chi connectivity index (χ4n) is 2.10. The molecule has 1 heterocycles. The molecule has 0 fully saturated rings. The van der Waals surface area contributed by atoms with Crippen LogP contribution in [0.2, 0.25) is 0 Å². The van der Waals surface area contributed by atoms with Gasteiger partial charge in [-0.05, 0) is 37.1 Å². The van der Waals surface area contributed by atoms with E-state index in [1.165, 1.54) is 6.92 Å². The van der Waals surface area contributed by atoms with Crippen molar-refractivity contribution in [2.24, 2.45) is 5.41 Å². The van der Waals surface area contributed by atoms with Gasteiger partial charge in [0, 0.05) is 17.3 Å². The molecule has 1 aliphatic rings. The van der Waals surface area contributed by atoms with E-state index >= 15 is 0 Å². The average molecular weight is 308 g/mol. The lowest BCUT2D eigenvalue weighted by Crippen LogP contribution is -2.26. The van der Waals surface area contributed by atoms with Crippen molar-refractivity contribution < 1.29 is 9.53 Å². The normalized spacial score (nSPS) is 16.3. The van der Waals surface area contributed by atoms with Crippen molar-refractivity contribution in [1.82, 2.24) is 0 Å². The number of nitrogens with zero attached hydrogens (tertiary/aromatic N) is 1. The van der Waals surface area contributed by atoms with Crippen LogP contribution in [0.15, 0.2) is 16.6 Å². The molecule has 0 amide bonds. The highest BCUT2D eigenvalue weighted by molar-refractivity contribution is 9.10. The summed E-state index contributed by atoms with van der Waals surface area (Å²) in [5.41, 5.74) is 1.08. The van der Waals surface area contributed by atoms with Crippen molar-refractivity contribution in [3.8, 4) is 11.8 Å². The summed E-state index contributed by atoms with van der Waals surface area (Å²) in [4.78, 5) is 11.6. The van der Waals surface area contributed by atoms with E-state index in [2.05, 4.69) is 22.0 Å². The second-order valence-corrected chi connectivity index (χ2v) is 5.74. The van der Waals surface area contributed by atoms with Gasteiger partial charge in [-0.25, -0.2) is 0 Å². The van der Waals surface area contributed by atoms with Crippen LogP contribution in [0.1, 0.15) is 25.0 Å². The van der Waals surface area contributed by atoms with Gasteiger partial charge in [0.25, 0.3) is 0 Å². The van der Waals surface area contributed by atoms with Gasteiger partial charge in [0.15, 0.2) is 0 Å². The molecule has 2 rings (SSSR count). The standard InChI is InChI=1S/C14H14BrNO2/c1-9(17)14(2,8-16)7-11-6-12(15)5-10-3-4-18-13(10)11/h5-6H,3-4,7H2,1-2H3. The molecule has 0 aliphatic carbocycles. The van der Waals surface area contributed by atoms with E-state index in [1.807, 2.05) is 12.1 Å². The summed E-state index contributed by atoms with van der Waals surface area (Å²) in [6.45, 7) is 3.81. The highest BCUT2D eigenvalue weighted by Gasteiger charge is 2.32. The molecule has 4 heteroatoms. The number of fused-ring (bicyclic) bond motifs is 1. The minimum atomic E-state index is -0.986. The number of hydrogen-bond acceptors (Lipinski definition) is 3. The summed E-state index contributed by atoms with van der Waals surface area (Å²) in [5.74, 6) is 0.734. The highest BCUT2D eigenvalue weighted by Crippen LogP contribution is 2.36. The molecular weight excluding hydrogens is 294 g/mol. The number of hydrogen-bond donors (Lipinski definition) is 0. The summed E-state index contributed by atoms with van der Waals surface area (Å²) in [6, 6.07) is 6.08. The smallest absolute Gasteiger partial charge is 0.150 e. The molecule has 0 saturated carbocycles. The van der Waals surface area contributed by atoms with Crippen LogP contribution < -0.4 is 4.74 Å². The van der Waals surface area contributed by atoms with Crippen molar-refractivity contribution in [3.05, 3.63) is 27.7 Å². The molecule has 1 aliphatic heterocycles. The maximum Gasteiger partial charge on any atom is 0.150 e. The van der Waals surface area contributed by atoms with E-state index in [9.17, 15) is 10.1 Å². The van der Waals surface area contributed by atoms with Crippen LogP contribution in [0.25, 0.3) is 0 Å². The van der Waals surface area contributed by atoms with Gasteiger partial charge in [0.05, 0.1) is 12.7 Å². The summed E-state index contributed by atoms with van der Waals surface area (Å²) in [6.07, 6.45) is 1.27. The maximum absolute atomic E-state index is 11.6. The topological polar surface area (TPSA) is 50.1 Å². The molecule has 0 aromatic heterocycles. The predicted octanol–water partition coefficient (Wildman–Crippen LogP) is 3.05. The maximum atomic E-state index is 11.6. The van der Waals surface area contributed by atoms with E-state index in [0.29, 0.717) is 13.0 Å². The SMILES string of the molecule is CC(=O)C(C)(C#N)Cc1cc(Br)cc2c1OCC2. The molecule has 0 saturated heterocycles. The third-order valence-electron chi connectivity index (χ3n) is 3.39. The molecule has 94 valence electrons. The second-order valence-electron chi connectivity index (χ2n) is 4.83. The fourth-order valence-corrected chi connectivity index (χ4v) is 2.65. The number of carbonyl (C=O) groups is 1. The van der Waals surface area contributed by atoms with Crippen molar-refractivity contribution in [1.29, 1.82) is 5.26 Å². The molecule has 0 spiro atoms. The molecule has 0 radical (unpaired) electrons. The van der Waals surface area contributed by atoms with Crippen LogP contribution in [0.3, 0.4) is 0 Å². The van der Waals surface area contributed by atoms with Gasteiger partial charge in [-0.15, -0.1) is 0 Å². The van der Waals surface area contributed by atoms with Crippen molar-refractivity contribution >= 4 is 21.7 Å². The molecule has 0 N–H and O–H groups in total. The predicted molar refractivity (Wildman–Crippen MR) is 71.4 cm³/mol. The lowest BCUT2D eigenvalue weighted by molar-refractivity contribution is -0.123. The van der Waals surface area contributed by atoms with Gasteiger partial charge in [0.1, 0.15) is 16.9 Å². The lowest BCUT2D eigenvalue weighted by Gasteiger charge is -2.19. The van der Waals surface area contributed by atoms with Gasteiger partial charge in [-0.1, -0.05) is 15.9 Å². The van der Waals surface area contributed by atoms with Crippen molar-refractivity contribution in [2.75, 3.05) is 6.61 Å². The summed E-state index contributed by atoms with van der Waals surface area (Å²) >= 11 is 3.46. The third kappa shape index (κ3) is 2.28. The van der Waals surface area contributed by atoms with Gasteiger partial charge >= 0.3 is 0 Å². The molecular formula is C14H14BrNO2. The second kappa shape index (κ2) is 4.74. The number of benzene rings is 1. The zero-order chi connectivity index (χ0) is 13.3. The average Bonchev–Trinajstić information content (AvgIpc) is 2.76. The van der Waals surface area contributed by atoms with Crippen LogP contribution in [0.5, 0.6) is 5.75 Å². The van der Waals surface area contributed by atoms with Crippen molar-refractivity contribution in [2.45, 2.75) is 26.7 Å². The Labute approximate surface area is 115 Å². The first-order valence-corrected chi connectivity index (χ1v) is 6.62. The van der Waals surface area contributed by atoms with Crippen LogP contribution >= 0.6 is 15.9 Å². The van der Waals surface area contributed by atoms with Gasteiger partial charge in [-0.2, -0.15) is 5.26 Å². The minimum absolute atomic E-state index is 0.114. The van der Waals surface area contributed by atoms with Crippen LogP contribution in [-0.4, -0.2) is 12.4 Å². The van der Waals surface area contributed by atoms with Crippen LogP contribution in [0.4, 0.5) is 0 Å². The Balaban J connectivity index is 2.42. The van der Waals surface area contributed by atoms with E-state index < -0.39 is 5.41 Å². The zero-order valence-electron chi connectivity index (χ0n) is 10.4. The molecule has 0 bridgehead atoms. The van der Waals surface area contributed by atoms with Crippen LogP contribution in [0, 0.1) is 16.7 Å². The zero-order valence-corrected chi connectivity index (χ0v) is 12.0. The largest absolute Gasteiger partial charge is 0.493 e. The quantitative estimate of drug-likeness (QED) is 0.862. The Bertz CT molecular complexity index is 547. The van der Waals surface area contributed by atoms with Gasteiger partial charge in [-0.3, -0.25) is 4.79 Å². The van der Waals surface area contributed by atoms with Gasteiger partial charge < -0.3 is 4.74 Å².